The normalized spacial score (nSPS) is 9.77. The van der Waals surface area contributed by atoms with E-state index in [-0.39, 0.29) is 0 Å². The van der Waals surface area contributed by atoms with Crippen LogP contribution in [0.4, 0.5) is 0 Å². The van der Waals surface area contributed by atoms with E-state index in [0.29, 0.717) is 0 Å². The first kappa shape index (κ1) is 10.6. The minimum Gasteiger partial charge on any atom is -0.496 e. The van der Waals surface area contributed by atoms with Crippen LogP contribution in [0.25, 0.3) is 0 Å². The fraction of sp³-hybridized carbons (Fsp3) is 0.333. The first-order chi connectivity index (χ1) is 6.33. The Hall–Kier alpha value is -0.490. The minimum atomic E-state index is 0.730. The molecular weight excluding hydrogens is 281 g/mol. The standard InChI is InChI=1S/C9H12INO2/c1-12-8-4-3-5-9(13-2)7(8)6-11-10/h3-5,11H,6H2,1-2H3. The molecule has 0 unspecified atom stereocenters. The van der Waals surface area contributed by atoms with E-state index in [1.54, 1.807) is 14.2 Å². The van der Waals surface area contributed by atoms with Gasteiger partial charge < -0.3 is 9.47 Å². The Balaban J connectivity index is 3.05. The molecule has 3 nitrogen and oxygen atoms in total. The van der Waals surface area contributed by atoms with Crippen molar-refractivity contribution in [2.45, 2.75) is 6.54 Å². The van der Waals surface area contributed by atoms with Crippen molar-refractivity contribution in [3.8, 4) is 11.5 Å². The van der Waals surface area contributed by atoms with Crippen LogP contribution in [-0.4, -0.2) is 14.2 Å². The van der Waals surface area contributed by atoms with Gasteiger partial charge in [0.2, 0.25) is 0 Å². The third-order valence-corrected chi connectivity index (χ3v) is 2.15. The molecule has 0 saturated carbocycles. The molecule has 0 heterocycles. The molecule has 0 amide bonds. The highest BCUT2D eigenvalue weighted by Gasteiger charge is 2.07. The van der Waals surface area contributed by atoms with E-state index in [1.165, 1.54) is 0 Å². The summed E-state index contributed by atoms with van der Waals surface area (Å²) in [4.78, 5) is 0. The predicted octanol–water partition coefficient (Wildman–Crippen LogP) is 2.14. The highest BCUT2D eigenvalue weighted by molar-refractivity contribution is 14.1. The van der Waals surface area contributed by atoms with E-state index in [2.05, 4.69) is 26.4 Å². The Bertz CT molecular complexity index is 256. The summed E-state index contributed by atoms with van der Waals surface area (Å²) in [5, 5.41) is 0. The third-order valence-electron chi connectivity index (χ3n) is 1.77. The molecule has 0 atom stereocenters. The van der Waals surface area contributed by atoms with Crippen LogP contribution in [0.1, 0.15) is 5.56 Å². The second-order valence-electron chi connectivity index (χ2n) is 2.45. The van der Waals surface area contributed by atoms with E-state index in [9.17, 15) is 0 Å². The smallest absolute Gasteiger partial charge is 0.127 e. The maximum atomic E-state index is 5.22. The van der Waals surface area contributed by atoms with Crippen LogP contribution in [0.15, 0.2) is 18.2 Å². The number of methoxy groups -OCH3 is 2. The molecule has 1 N–H and O–H groups in total. The summed E-state index contributed by atoms with van der Waals surface area (Å²) in [6.45, 7) is 0.730. The van der Waals surface area contributed by atoms with Crippen LogP contribution < -0.4 is 13.0 Å². The highest BCUT2D eigenvalue weighted by atomic mass is 127. The van der Waals surface area contributed by atoms with E-state index in [1.807, 2.05) is 18.2 Å². The van der Waals surface area contributed by atoms with Gasteiger partial charge in [0.05, 0.1) is 19.8 Å². The number of benzene rings is 1. The number of ether oxygens (including phenoxy) is 2. The van der Waals surface area contributed by atoms with Crippen molar-refractivity contribution in [3.05, 3.63) is 23.8 Å². The van der Waals surface area contributed by atoms with Crippen molar-refractivity contribution < 1.29 is 9.47 Å². The fourth-order valence-electron chi connectivity index (χ4n) is 1.17. The minimum absolute atomic E-state index is 0.730. The van der Waals surface area contributed by atoms with E-state index >= 15 is 0 Å². The maximum absolute atomic E-state index is 5.22. The molecule has 1 aromatic carbocycles. The Morgan fingerprint density at radius 3 is 2.15 bits per heavy atom. The van der Waals surface area contributed by atoms with E-state index in [4.69, 9.17) is 9.47 Å². The average Bonchev–Trinajstić information content (AvgIpc) is 2.18. The number of nitrogens with one attached hydrogen (secondary N) is 1. The van der Waals surface area contributed by atoms with Gasteiger partial charge in [0.25, 0.3) is 0 Å². The van der Waals surface area contributed by atoms with Crippen molar-refractivity contribution in [3.63, 3.8) is 0 Å². The van der Waals surface area contributed by atoms with Gasteiger partial charge in [0.15, 0.2) is 0 Å². The van der Waals surface area contributed by atoms with Crippen molar-refractivity contribution in [2.24, 2.45) is 0 Å². The van der Waals surface area contributed by atoms with E-state index in [0.717, 1.165) is 23.6 Å². The van der Waals surface area contributed by atoms with Crippen LogP contribution in [0, 0.1) is 0 Å². The fourth-order valence-corrected chi connectivity index (χ4v) is 1.55. The highest BCUT2D eigenvalue weighted by Crippen LogP contribution is 2.27. The SMILES string of the molecule is COc1cccc(OC)c1CNI. The number of rotatable bonds is 4. The van der Waals surface area contributed by atoms with Gasteiger partial charge in [0.1, 0.15) is 11.5 Å². The van der Waals surface area contributed by atoms with Crippen LogP contribution in [-0.2, 0) is 6.54 Å². The van der Waals surface area contributed by atoms with Crippen LogP contribution in [0.5, 0.6) is 11.5 Å². The first-order valence-corrected chi connectivity index (χ1v) is 4.94. The summed E-state index contributed by atoms with van der Waals surface area (Å²) in [5.74, 6) is 1.70. The van der Waals surface area contributed by atoms with Crippen molar-refractivity contribution in [2.75, 3.05) is 14.2 Å². The third kappa shape index (κ3) is 2.47. The molecule has 0 aliphatic rings. The molecule has 1 rings (SSSR count). The lowest BCUT2D eigenvalue weighted by Gasteiger charge is -2.11. The summed E-state index contributed by atoms with van der Waals surface area (Å²) in [6.07, 6.45) is 0. The molecule has 13 heavy (non-hydrogen) atoms. The molecular formula is C9H12INO2. The largest absolute Gasteiger partial charge is 0.496 e. The zero-order chi connectivity index (χ0) is 9.68. The molecule has 72 valence electrons. The summed E-state index contributed by atoms with van der Waals surface area (Å²) in [7, 11) is 3.32. The van der Waals surface area contributed by atoms with Crippen LogP contribution >= 0.6 is 22.9 Å². The van der Waals surface area contributed by atoms with Crippen molar-refractivity contribution >= 4 is 22.9 Å². The lowest BCUT2D eigenvalue weighted by molar-refractivity contribution is 0.385. The number of hydrogen-bond acceptors (Lipinski definition) is 3. The first-order valence-electron chi connectivity index (χ1n) is 3.86. The van der Waals surface area contributed by atoms with Gasteiger partial charge in [-0.1, -0.05) is 6.07 Å². The zero-order valence-electron chi connectivity index (χ0n) is 7.63. The predicted molar refractivity (Wildman–Crippen MR) is 60.4 cm³/mol. The summed E-state index contributed by atoms with van der Waals surface area (Å²) < 4.78 is 13.5. The second-order valence-corrected chi connectivity index (χ2v) is 3.21. The Labute approximate surface area is 91.9 Å². The Morgan fingerprint density at radius 2 is 1.77 bits per heavy atom. The maximum Gasteiger partial charge on any atom is 0.127 e. The summed E-state index contributed by atoms with van der Waals surface area (Å²) in [5.41, 5.74) is 1.04. The molecule has 0 aromatic heterocycles. The van der Waals surface area contributed by atoms with Gasteiger partial charge in [-0.15, -0.1) is 0 Å². The monoisotopic (exact) mass is 293 g/mol. The summed E-state index contributed by atoms with van der Waals surface area (Å²) in [6, 6.07) is 5.76. The van der Waals surface area contributed by atoms with Gasteiger partial charge >= 0.3 is 0 Å². The van der Waals surface area contributed by atoms with Crippen LogP contribution in [0.3, 0.4) is 0 Å². The van der Waals surface area contributed by atoms with Gasteiger partial charge in [-0.3, -0.25) is 3.53 Å². The lowest BCUT2D eigenvalue weighted by atomic mass is 10.2. The molecule has 4 heteroatoms. The Morgan fingerprint density at radius 1 is 1.23 bits per heavy atom. The topological polar surface area (TPSA) is 30.5 Å². The quantitative estimate of drug-likeness (QED) is 0.681. The average molecular weight is 293 g/mol. The molecule has 0 aliphatic carbocycles. The van der Waals surface area contributed by atoms with Gasteiger partial charge in [-0.05, 0) is 12.1 Å². The molecule has 0 saturated heterocycles. The number of hydrogen-bond donors (Lipinski definition) is 1. The molecule has 0 bridgehead atoms. The molecule has 0 radical (unpaired) electrons. The van der Waals surface area contributed by atoms with E-state index < -0.39 is 0 Å². The molecule has 0 spiro atoms. The zero-order valence-corrected chi connectivity index (χ0v) is 9.79. The van der Waals surface area contributed by atoms with Crippen molar-refractivity contribution in [1.82, 2.24) is 3.53 Å². The van der Waals surface area contributed by atoms with Gasteiger partial charge in [-0.2, -0.15) is 0 Å². The summed E-state index contributed by atoms with van der Waals surface area (Å²) >= 11 is 2.10. The Kier molecular flexibility index (Phi) is 4.31. The second kappa shape index (κ2) is 5.29. The van der Waals surface area contributed by atoms with Gasteiger partial charge in [0, 0.05) is 29.4 Å². The number of halogens is 1. The van der Waals surface area contributed by atoms with Gasteiger partial charge in [-0.25, -0.2) is 0 Å². The molecule has 0 fully saturated rings. The lowest BCUT2D eigenvalue weighted by Crippen LogP contribution is -2.03. The van der Waals surface area contributed by atoms with Crippen molar-refractivity contribution in [1.29, 1.82) is 0 Å². The van der Waals surface area contributed by atoms with Crippen LogP contribution in [0.2, 0.25) is 0 Å². The molecule has 0 aliphatic heterocycles. The molecule has 1 aromatic rings.